The van der Waals surface area contributed by atoms with Crippen LogP contribution in [0.25, 0.3) is 6.08 Å². The minimum Gasteiger partial charge on any atom is -0.465 e. The summed E-state index contributed by atoms with van der Waals surface area (Å²) in [7, 11) is 0. The van der Waals surface area contributed by atoms with Crippen molar-refractivity contribution in [3.8, 4) is 0 Å². The molecule has 2 heterocycles. The maximum Gasteiger partial charge on any atom is 0.257 e. The van der Waals surface area contributed by atoms with Crippen LogP contribution in [-0.2, 0) is 4.79 Å². The van der Waals surface area contributed by atoms with E-state index in [0.717, 1.165) is 0 Å². The number of nitrogens with zero attached hydrogens (tertiary/aromatic N) is 1. The second-order valence-corrected chi connectivity index (χ2v) is 5.60. The van der Waals surface area contributed by atoms with Gasteiger partial charge in [0, 0.05) is 28.9 Å². The van der Waals surface area contributed by atoms with Crippen LogP contribution >= 0.6 is 11.3 Å². The Hall–Kier alpha value is -3.19. The molecule has 0 bridgehead atoms. The highest BCUT2D eigenvalue weighted by Crippen LogP contribution is 2.15. The molecule has 0 aliphatic rings. The minimum atomic E-state index is -0.316. The number of hydrogen-bond acceptors (Lipinski definition) is 5. The third-order valence-electron chi connectivity index (χ3n) is 2.99. The third-order valence-corrected chi connectivity index (χ3v) is 3.68. The molecule has 0 aliphatic heterocycles. The minimum absolute atomic E-state index is 0.285. The number of furan rings is 1. The summed E-state index contributed by atoms with van der Waals surface area (Å²) in [6.07, 6.45) is 6.07. The van der Waals surface area contributed by atoms with E-state index in [9.17, 15) is 9.59 Å². The van der Waals surface area contributed by atoms with E-state index in [0.29, 0.717) is 22.1 Å². The summed E-state index contributed by atoms with van der Waals surface area (Å²) in [5.41, 5.74) is 0.953. The van der Waals surface area contributed by atoms with Gasteiger partial charge in [-0.25, -0.2) is 4.98 Å². The molecule has 0 saturated heterocycles. The number of carbonyl (C=O) groups excluding carboxylic acids is 2. The van der Waals surface area contributed by atoms with Crippen LogP contribution in [0.5, 0.6) is 0 Å². The summed E-state index contributed by atoms with van der Waals surface area (Å²) >= 11 is 1.34. The smallest absolute Gasteiger partial charge is 0.257 e. The Morgan fingerprint density at radius 1 is 1.17 bits per heavy atom. The lowest BCUT2D eigenvalue weighted by molar-refractivity contribution is -0.111. The monoisotopic (exact) mass is 339 g/mol. The molecule has 2 N–H and O–H groups in total. The zero-order valence-corrected chi connectivity index (χ0v) is 13.2. The lowest BCUT2D eigenvalue weighted by Gasteiger charge is -2.05. The van der Waals surface area contributed by atoms with Crippen molar-refractivity contribution in [1.82, 2.24) is 4.98 Å². The third kappa shape index (κ3) is 4.17. The molecule has 7 heteroatoms. The quantitative estimate of drug-likeness (QED) is 0.695. The molecule has 2 amide bonds. The molecule has 0 spiro atoms. The van der Waals surface area contributed by atoms with E-state index in [2.05, 4.69) is 15.6 Å². The van der Waals surface area contributed by atoms with Crippen molar-refractivity contribution >= 4 is 40.0 Å². The van der Waals surface area contributed by atoms with Gasteiger partial charge in [0.1, 0.15) is 5.76 Å². The summed E-state index contributed by atoms with van der Waals surface area (Å²) in [6.45, 7) is 0. The highest BCUT2D eigenvalue weighted by molar-refractivity contribution is 7.13. The lowest BCUT2D eigenvalue weighted by Crippen LogP contribution is -2.13. The van der Waals surface area contributed by atoms with Crippen LogP contribution in [0, 0.1) is 0 Å². The van der Waals surface area contributed by atoms with Gasteiger partial charge in [-0.3, -0.25) is 14.9 Å². The largest absolute Gasteiger partial charge is 0.465 e. The fourth-order valence-electron chi connectivity index (χ4n) is 1.92. The van der Waals surface area contributed by atoms with Gasteiger partial charge < -0.3 is 9.73 Å². The summed E-state index contributed by atoms with van der Waals surface area (Å²) in [5.74, 6) is -0.0159. The van der Waals surface area contributed by atoms with Crippen molar-refractivity contribution < 1.29 is 14.0 Å². The summed E-state index contributed by atoms with van der Waals surface area (Å²) < 4.78 is 5.11. The Kier molecular flexibility index (Phi) is 4.83. The maximum atomic E-state index is 12.1. The number of thiazole rings is 1. The lowest BCUT2D eigenvalue weighted by atomic mass is 10.2. The SMILES string of the molecule is O=C(C=Cc1ccco1)Nc1cccc(C(=O)Nc2nccs2)c1. The number of rotatable bonds is 5. The Bertz CT molecular complexity index is 855. The fourth-order valence-corrected chi connectivity index (χ4v) is 2.44. The number of benzene rings is 1. The highest BCUT2D eigenvalue weighted by Gasteiger charge is 2.08. The highest BCUT2D eigenvalue weighted by atomic mass is 32.1. The number of amides is 2. The van der Waals surface area contributed by atoms with E-state index >= 15 is 0 Å². The van der Waals surface area contributed by atoms with Gasteiger partial charge in [0.15, 0.2) is 5.13 Å². The second-order valence-electron chi connectivity index (χ2n) is 4.71. The van der Waals surface area contributed by atoms with Gasteiger partial charge in [0.25, 0.3) is 5.91 Å². The first kappa shape index (κ1) is 15.7. The zero-order valence-electron chi connectivity index (χ0n) is 12.4. The molecule has 0 fully saturated rings. The molecule has 6 nitrogen and oxygen atoms in total. The van der Waals surface area contributed by atoms with Crippen molar-refractivity contribution in [1.29, 1.82) is 0 Å². The molecule has 0 radical (unpaired) electrons. The van der Waals surface area contributed by atoms with Gasteiger partial charge in [-0.05, 0) is 36.4 Å². The van der Waals surface area contributed by atoms with Crippen molar-refractivity contribution in [2.45, 2.75) is 0 Å². The Balaban J connectivity index is 1.64. The molecule has 0 unspecified atom stereocenters. The molecular weight excluding hydrogens is 326 g/mol. The van der Waals surface area contributed by atoms with Crippen molar-refractivity contribution in [2.24, 2.45) is 0 Å². The van der Waals surface area contributed by atoms with Crippen LogP contribution in [0.1, 0.15) is 16.1 Å². The van der Waals surface area contributed by atoms with Crippen molar-refractivity contribution in [3.63, 3.8) is 0 Å². The van der Waals surface area contributed by atoms with E-state index < -0.39 is 0 Å². The number of anilines is 2. The van der Waals surface area contributed by atoms with Crippen molar-refractivity contribution in [3.05, 3.63) is 71.6 Å². The standard InChI is InChI=1S/C17H13N3O3S/c21-15(7-6-14-5-2-9-23-14)19-13-4-1-3-12(11-13)16(22)20-17-18-8-10-24-17/h1-11H,(H,19,21)(H,18,20,22). The van der Waals surface area contributed by atoms with Crippen LogP contribution in [0.15, 0.2) is 64.7 Å². The first-order valence-corrected chi connectivity index (χ1v) is 7.92. The van der Waals surface area contributed by atoms with Crippen LogP contribution in [0.2, 0.25) is 0 Å². The van der Waals surface area contributed by atoms with Gasteiger partial charge in [-0.15, -0.1) is 11.3 Å². The van der Waals surface area contributed by atoms with Crippen LogP contribution in [0.3, 0.4) is 0 Å². The number of aromatic nitrogens is 1. The molecule has 3 aromatic rings. The predicted molar refractivity (Wildman–Crippen MR) is 92.9 cm³/mol. The molecular formula is C17H13N3O3S. The molecule has 0 atom stereocenters. The van der Waals surface area contributed by atoms with Crippen LogP contribution < -0.4 is 10.6 Å². The van der Waals surface area contributed by atoms with Gasteiger partial charge in [0.2, 0.25) is 5.91 Å². The Labute approximate surface area is 141 Å². The molecule has 0 aliphatic carbocycles. The van der Waals surface area contributed by atoms with Crippen LogP contribution in [-0.4, -0.2) is 16.8 Å². The van der Waals surface area contributed by atoms with Crippen LogP contribution in [0.4, 0.5) is 10.8 Å². The summed E-state index contributed by atoms with van der Waals surface area (Å²) in [5, 5.41) is 7.69. The number of hydrogen-bond donors (Lipinski definition) is 2. The first-order chi connectivity index (χ1) is 11.7. The van der Waals surface area contributed by atoms with E-state index in [1.807, 2.05) is 0 Å². The van der Waals surface area contributed by atoms with E-state index in [4.69, 9.17) is 4.42 Å². The molecule has 3 rings (SSSR count). The van der Waals surface area contributed by atoms with E-state index in [1.165, 1.54) is 23.7 Å². The fraction of sp³-hybridized carbons (Fsp3) is 0. The number of nitrogens with one attached hydrogen (secondary N) is 2. The van der Waals surface area contributed by atoms with E-state index in [-0.39, 0.29) is 11.8 Å². The normalized spacial score (nSPS) is 10.7. The van der Waals surface area contributed by atoms with Gasteiger partial charge in [-0.1, -0.05) is 6.07 Å². The molecule has 0 saturated carbocycles. The summed E-state index contributed by atoms with van der Waals surface area (Å²) in [4.78, 5) is 28.0. The average Bonchev–Trinajstić information content (AvgIpc) is 3.27. The zero-order chi connectivity index (χ0) is 16.8. The second kappa shape index (κ2) is 7.38. The van der Waals surface area contributed by atoms with Gasteiger partial charge in [-0.2, -0.15) is 0 Å². The molecule has 24 heavy (non-hydrogen) atoms. The molecule has 1 aromatic carbocycles. The molecule has 2 aromatic heterocycles. The van der Waals surface area contributed by atoms with E-state index in [1.54, 1.807) is 54.1 Å². The van der Waals surface area contributed by atoms with Gasteiger partial charge >= 0.3 is 0 Å². The molecule has 120 valence electrons. The Morgan fingerprint density at radius 2 is 2.08 bits per heavy atom. The predicted octanol–water partition coefficient (Wildman–Crippen LogP) is 3.64. The Morgan fingerprint density at radius 3 is 2.83 bits per heavy atom. The first-order valence-electron chi connectivity index (χ1n) is 7.04. The summed E-state index contributed by atoms with van der Waals surface area (Å²) in [6, 6.07) is 10.1. The average molecular weight is 339 g/mol. The number of carbonyl (C=O) groups is 2. The van der Waals surface area contributed by atoms with Gasteiger partial charge in [0.05, 0.1) is 6.26 Å². The maximum absolute atomic E-state index is 12.1. The van der Waals surface area contributed by atoms with Crippen molar-refractivity contribution in [2.75, 3.05) is 10.6 Å². The topological polar surface area (TPSA) is 84.2 Å².